The molecule has 45 heavy (non-hydrogen) atoms. The van der Waals surface area contributed by atoms with Crippen LogP contribution in [0.3, 0.4) is 0 Å². The standard InChI is InChI=1S/C33H34Cl2N6O4/c1-20-16-28(38-29-19-41(13-15-43)12-10-22(20)29)33(45)40-26-7-3-5-24(31(26)35)23-4-2-6-25(30(23)34)39-32(44)27-9-8-21(18-37-27)17-36-11-14-42/h2-9,16,18,36,42-43H,10-15,17,19H2,1H3,(H,39,44)(H,40,45). The molecule has 0 atom stereocenters. The van der Waals surface area contributed by atoms with Crippen LogP contribution in [0.4, 0.5) is 11.4 Å². The molecule has 5 rings (SSSR count). The van der Waals surface area contributed by atoms with Crippen LogP contribution in [0, 0.1) is 6.92 Å². The van der Waals surface area contributed by atoms with E-state index in [1.165, 1.54) is 0 Å². The van der Waals surface area contributed by atoms with E-state index >= 15 is 0 Å². The van der Waals surface area contributed by atoms with Gasteiger partial charge in [-0.1, -0.05) is 53.5 Å². The fourth-order valence-electron chi connectivity index (χ4n) is 5.27. The van der Waals surface area contributed by atoms with Crippen molar-refractivity contribution in [3.05, 3.63) is 105 Å². The highest BCUT2D eigenvalue weighted by Crippen LogP contribution is 2.40. The Morgan fingerprint density at radius 1 is 0.911 bits per heavy atom. The van der Waals surface area contributed by atoms with Gasteiger partial charge in [-0.3, -0.25) is 19.5 Å². The number of aliphatic hydroxyl groups excluding tert-OH is 2. The maximum Gasteiger partial charge on any atom is 0.274 e. The molecule has 234 valence electrons. The van der Waals surface area contributed by atoms with Crippen LogP contribution in [0.2, 0.25) is 10.0 Å². The van der Waals surface area contributed by atoms with Crippen LogP contribution in [-0.2, 0) is 19.5 Å². The minimum atomic E-state index is -0.427. The number of halogens is 2. The summed E-state index contributed by atoms with van der Waals surface area (Å²) in [6, 6.07) is 15.7. The van der Waals surface area contributed by atoms with Gasteiger partial charge in [-0.2, -0.15) is 0 Å². The molecule has 1 aliphatic rings. The fraction of sp³-hybridized carbons (Fsp3) is 0.273. The number of nitrogens with zero attached hydrogens (tertiary/aromatic N) is 3. The third-order valence-corrected chi connectivity index (χ3v) is 8.41. The zero-order valence-corrected chi connectivity index (χ0v) is 26.3. The van der Waals surface area contributed by atoms with E-state index in [0.29, 0.717) is 48.7 Å². The van der Waals surface area contributed by atoms with E-state index < -0.39 is 11.8 Å². The smallest absolute Gasteiger partial charge is 0.274 e. The Bertz CT molecular complexity index is 1700. The molecule has 0 spiro atoms. The van der Waals surface area contributed by atoms with E-state index in [4.69, 9.17) is 28.3 Å². The van der Waals surface area contributed by atoms with E-state index in [-0.39, 0.29) is 34.6 Å². The average molecular weight is 650 g/mol. The van der Waals surface area contributed by atoms with E-state index in [9.17, 15) is 14.7 Å². The molecule has 0 bridgehead atoms. The predicted molar refractivity (Wildman–Crippen MR) is 176 cm³/mol. The monoisotopic (exact) mass is 648 g/mol. The lowest BCUT2D eigenvalue weighted by atomic mass is 9.99. The van der Waals surface area contributed by atoms with E-state index in [2.05, 4.69) is 30.8 Å². The summed E-state index contributed by atoms with van der Waals surface area (Å²) >= 11 is 13.6. The van der Waals surface area contributed by atoms with Crippen LogP contribution in [0.15, 0.2) is 60.8 Å². The minimum absolute atomic E-state index is 0.0383. The Labute approximate surface area is 271 Å². The number of carbonyl (C=O) groups excluding carboxylic acids is 2. The highest BCUT2D eigenvalue weighted by Gasteiger charge is 2.22. The molecule has 10 nitrogen and oxygen atoms in total. The third kappa shape index (κ3) is 7.67. The molecule has 0 aliphatic carbocycles. The summed E-state index contributed by atoms with van der Waals surface area (Å²) < 4.78 is 0. The van der Waals surface area contributed by atoms with Gasteiger partial charge in [0.15, 0.2) is 0 Å². The molecule has 3 heterocycles. The van der Waals surface area contributed by atoms with Gasteiger partial charge in [0.25, 0.3) is 11.8 Å². The number of anilines is 2. The molecule has 0 fully saturated rings. The molecular formula is C33H34Cl2N6O4. The Morgan fingerprint density at radius 3 is 2.18 bits per heavy atom. The van der Waals surface area contributed by atoms with Gasteiger partial charge in [0, 0.05) is 50.0 Å². The van der Waals surface area contributed by atoms with Crippen LogP contribution in [0.25, 0.3) is 11.1 Å². The number of aliphatic hydroxyl groups is 2. The van der Waals surface area contributed by atoms with Gasteiger partial charge in [-0.05, 0) is 54.3 Å². The van der Waals surface area contributed by atoms with Crippen molar-refractivity contribution < 1.29 is 19.8 Å². The summed E-state index contributed by atoms with van der Waals surface area (Å²) in [6.45, 7) is 5.04. The molecule has 0 unspecified atom stereocenters. The second kappa shape index (κ2) is 14.9. The van der Waals surface area contributed by atoms with Gasteiger partial charge in [-0.25, -0.2) is 4.98 Å². The maximum atomic E-state index is 13.3. The van der Waals surface area contributed by atoms with Crippen molar-refractivity contribution in [1.29, 1.82) is 0 Å². The van der Waals surface area contributed by atoms with Crippen LogP contribution in [-0.4, -0.2) is 69.7 Å². The molecule has 2 aromatic carbocycles. The van der Waals surface area contributed by atoms with Crippen LogP contribution in [0.1, 0.15) is 43.4 Å². The fourth-order valence-corrected chi connectivity index (χ4v) is 5.82. The topological polar surface area (TPSA) is 140 Å². The lowest BCUT2D eigenvalue weighted by Crippen LogP contribution is -2.34. The molecule has 5 N–H and O–H groups in total. The van der Waals surface area contributed by atoms with Crippen molar-refractivity contribution in [2.45, 2.75) is 26.4 Å². The summed E-state index contributed by atoms with van der Waals surface area (Å²) in [5.74, 6) is -0.822. The lowest BCUT2D eigenvalue weighted by Gasteiger charge is -2.28. The van der Waals surface area contributed by atoms with Gasteiger partial charge in [0.1, 0.15) is 11.4 Å². The number of aromatic nitrogens is 2. The summed E-state index contributed by atoms with van der Waals surface area (Å²) in [4.78, 5) is 37.3. The zero-order chi connectivity index (χ0) is 31.9. The number of benzene rings is 2. The summed E-state index contributed by atoms with van der Waals surface area (Å²) in [5, 5.41) is 27.6. The molecular weight excluding hydrogens is 615 g/mol. The first-order valence-corrected chi connectivity index (χ1v) is 15.3. The SMILES string of the molecule is Cc1cc(C(=O)Nc2cccc(-c3cccc(NC(=O)c4ccc(CNCCO)cn4)c3Cl)c2Cl)nc2c1CCN(CCO)C2. The molecule has 2 amide bonds. The minimum Gasteiger partial charge on any atom is -0.395 e. The number of pyridine rings is 2. The molecule has 1 aliphatic heterocycles. The van der Waals surface area contributed by atoms with Crippen molar-refractivity contribution in [3.8, 4) is 11.1 Å². The number of β-amino-alcohol motifs (C(OH)–C–C–N with tert-alkyl or cyclic N) is 1. The quantitative estimate of drug-likeness (QED) is 0.148. The summed E-state index contributed by atoms with van der Waals surface area (Å²) in [6.07, 6.45) is 2.42. The number of aryl methyl sites for hydroxylation is 1. The van der Waals surface area contributed by atoms with E-state index in [1.54, 1.807) is 60.8 Å². The number of amides is 2. The van der Waals surface area contributed by atoms with Gasteiger partial charge in [0.2, 0.25) is 0 Å². The van der Waals surface area contributed by atoms with E-state index in [0.717, 1.165) is 35.3 Å². The Kier molecular flexibility index (Phi) is 10.8. The predicted octanol–water partition coefficient (Wildman–Crippen LogP) is 4.70. The molecule has 0 radical (unpaired) electrons. The number of hydrogen-bond acceptors (Lipinski definition) is 8. The van der Waals surface area contributed by atoms with Crippen LogP contribution in [0.5, 0.6) is 0 Å². The van der Waals surface area contributed by atoms with Gasteiger partial charge >= 0.3 is 0 Å². The van der Waals surface area contributed by atoms with Gasteiger partial charge < -0.3 is 26.2 Å². The number of carbonyl (C=O) groups is 2. The summed E-state index contributed by atoms with van der Waals surface area (Å²) in [5.41, 5.74) is 6.27. The summed E-state index contributed by atoms with van der Waals surface area (Å²) in [7, 11) is 0. The maximum absolute atomic E-state index is 13.3. The lowest BCUT2D eigenvalue weighted by molar-refractivity contribution is 0.101. The van der Waals surface area contributed by atoms with Gasteiger partial charge in [0.05, 0.1) is 40.3 Å². The van der Waals surface area contributed by atoms with E-state index in [1.807, 2.05) is 6.92 Å². The average Bonchev–Trinajstić information content (AvgIpc) is 3.03. The first-order valence-electron chi connectivity index (χ1n) is 14.6. The highest BCUT2D eigenvalue weighted by molar-refractivity contribution is 6.40. The van der Waals surface area contributed by atoms with Crippen molar-refractivity contribution in [2.75, 3.05) is 43.5 Å². The number of nitrogens with one attached hydrogen (secondary N) is 3. The number of hydrogen-bond donors (Lipinski definition) is 5. The van der Waals surface area contributed by atoms with Crippen molar-refractivity contribution in [2.24, 2.45) is 0 Å². The molecule has 4 aromatic rings. The van der Waals surface area contributed by atoms with Crippen LogP contribution < -0.4 is 16.0 Å². The second-order valence-corrected chi connectivity index (χ2v) is 11.4. The number of fused-ring (bicyclic) bond motifs is 1. The van der Waals surface area contributed by atoms with Crippen molar-refractivity contribution in [1.82, 2.24) is 20.2 Å². The Balaban J connectivity index is 1.33. The largest absolute Gasteiger partial charge is 0.395 e. The first kappa shape index (κ1) is 32.5. The first-order chi connectivity index (χ1) is 21.8. The molecule has 12 heteroatoms. The Hall–Kier alpha value is -3.90. The van der Waals surface area contributed by atoms with Crippen LogP contribution >= 0.6 is 23.2 Å². The molecule has 0 saturated heterocycles. The molecule has 2 aromatic heterocycles. The normalized spacial score (nSPS) is 12.9. The highest BCUT2D eigenvalue weighted by atomic mass is 35.5. The third-order valence-electron chi connectivity index (χ3n) is 7.59. The van der Waals surface area contributed by atoms with Crippen molar-refractivity contribution in [3.63, 3.8) is 0 Å². The molecule has 0 saturated carbocycles. The van der Waals surface area contributed by atoms with Crippen molar-refractivity contribution >= 4 is 46.4 Å². The zero-order valence-electron chi connectivity index (χ0n) is 24.7. The number of rotatable bonds is 11. The second-order valence-electron chi connectivity index (χ2n) is 10.7. The Morgan fingerprint density at radius 2 is 1.58 bits per heavy atom. The van der Waals surface area contributed by atoms with Gasteiger partial charge in [-0.15, -0.1) is 0 Å².